The number of aromatic nitrogens is 1. The van der Waals surface area contributed by atoms with Crippen molar-refractivity contribution in [1.82, 2.24) is 4.98 Å². The lowest BCUT2D eigenvalue weighted by atomic mass is 9.96. The maximum absolute atomic E-state index is 12.6. The fourth-order valence-electron chi connectivity index (χ4n) is 0.995. The van der Waals surface area contributed by atoms with Crippen molar-refractivity contribution in [1.29, 1.82) is 0 Å². The molecular formula is C10H11F3N2O3S. The lowest BCUT2D eigenvalue weighted by molar-refractivity contribution is -0.141. The van der Waals surface area contributed by atoms with E-state index in [1.165, 1.54) is 0 Å². The molecule has 0 radical (unpaired) electrons. The van der Waals surface area contributed by atoms with Crippen LogP contribution < -0.4 is 5.32 Å². The summed E-state index contributed by atoms with van der Waals surface area (Å²) in [6.45, 7) is 4.70. The van der Waals surface area contributed by atoms with Crippen molar-refractivity contribution in [3.8, 4) is 0 Å². The smallest absolute Gasteiger partial charge is 0.435 e. The Morgan fingerprint density at radius 3 is 2.11 bits per heavy atom. The van der Waals surface area contributed by atoms with Crippen LogP contribution in [0.25, 0.3) is 0 Å². The third-order valence-corrected chi connectivity index (χ3v) is 2.95. The molecular weight excluding hydrogens is 285 g/mol. The number of hydrogen-bond donors (Lipinski definition) is 2. The van der Waals surface area contributed by atoms with Gasteiger partial charge in [-0.15, -0.1) is 0 Å². The lowest BCUT2D eigenvalue weighted by Gasteiger charge is -2.15. The zero-order chi connectivity index (χ0) is 15.0. The molecule has 106 valence electrons. The van der Waals surface area contributed by atoms with Crippen LogP contribution in [0.2, 0.25) is 0 Å². The van der Waals surface area contributed by atoms with E-state index in [9.17, 15) is 22.8 Å². The first-order chi connectivity index (χ1) is 8.43. The number of aromatic carboxylic acids is 1. The van der Waals surface area contributed by atoms with Gasteiger partial charge in [0.1, 0.15) is 4.88 Å². The number of halogens is 3. The van der Waals surface area contributed by atoms with Crippen LogP contribution in [-0.2, 0) is 11.0 Å². The van der Waals surface area contributed by atoms with Crippen molar-refractivity contribution in [2.75, 3.05) is 5.32 Å². The van der Waals surface area contributed by atoms with Gasteiger partial charge in [0.2, 0.25) is 5.91 Å². The molecule has 1 rings (SSSR count). The van der Waals surface area contributed by atoms with Crippen LogP contribution in [0.15, 0.2) is 0 Å². The molecule has 0 bridgehead atoms. The van der Waals surface area contributed by atoms with Gasteiger partial charge in [0.05, 0.1) is 0 Å². The van der Waals surface area contributed by atoms with Crippen LogP contribution in [0.1, 0.15) is 36.1 Å². The number of carboxylic acids is 1. The van der Waals surface area contributed by atoms with Crippen molar-refractivity contribution >= 4 is 28.3 Å². The molecule has 0 unspecified atom stereocenters. The number of carbonyl (C=O) groups is 2. The van der Waals surface area contributed by atoms with Gasteiger partial charge in [0.25, 0.3) is 0 Å². The fraction of sp³-hybridized carbons (Fsp3) is 0.500. The molecule has 1 aromatic rings. The van der Waals surface area contributed by atoms with Crippen LogP contribution in [0.3, 0.4) is 0 Å². The molecule has 9 heteroatoms. The number of hydrogen-bond acceptors (Lipinski definition) is 4. The van der Waals surface area contributed by atoms with E-state index in [0.29, 0.717) is 0 Å². The quantitative estimate of drug-likeness (QED) is 0.879. The normalized spacial score (nSPS) is 12.3. The summed E-state index contributed by atoms with van der Waals surface area (Å²) < 4.78 is 37.7. The van der Waals surface area contributed by atoms with Gasteiger partial charge in [-0.1, -0.05) is 32.1 Å². The van der Waals surface area contributed by atoms with Gasteiger partial charge in [0, 0.05) is 5.41 Å². The molecule has 1 aromatic heterocycles. The van der Waals surface area contributed by atoms with Crippen molar-refractivity contribution in [2.45, 2.75) is 26.9 Å². The summed E-state index contributed by atoms with van der Waals surface area (Å²) in [6, 6.07) is 0. The highest BCUT2D eigenvalue weighted by atomic mass is 32.1. The molecule has 19 heavy (non-hydrogen) atoms. The van der Waals surface area contributed by atoms with Crippen LogP contribution in [0.5, 0.6) is 0 Å². The molecule has 0 fully saturated rings. The van der Waals surface area contributed by atoms with E-state index in [1.807, 2.05) is 0 Å². The highest BCUT2D eigenvalue weighted by Crippen LogP contribution is 2.36. The summed E-state index contributed by atoms with van der Waals surface area (Å²) in [7, 11) is 0. The Balaban J connectivity index is 3.13. The highest BCUT2D eigenvalue weighted by Gasteiger charge is 2.40. The molecule has 0 saturated carbocycles. The number of nitrogens with one attached hydrogen (secondary N) is 1. The molecule has 0 atom stereocenters. The monoisotopic (exact) mass is 296 g/mol. The number of thiazole rings is 1. The topological polar surface area (TPSA) is 79.3 Å². The summed E-state index contributed by atoms with van der Waals surface area (Å²) in [5, 5.41) is 10.5. The minimum Gasteiger partial charge on any atom is -0.477 e. The first-order valence-corrected chi connectivity index (χ1v) is 5.87. The number of amides is 1. The van der Waals surface area contributed by atoms with Gasteiger partial charge in [-0.3, -0.25) is 4.79 Å². The SMILES string of the molecule is CC(C)(C)C(=O)Nc1nc(C(F)(F)F)c(C(=O)O)s1. The summed E-state index contributed by atoms with van der Waals surface area (Å²) in [4.78, 5) is 24.5. The van der Waals surface area contributed by atoms with Gasteiger partial charge in [-0.05, 0) is 0 Å². The Morgan fingerprint density at radius 1 is 1.26 bits per heavy atom. The summed E-state index contributed by atoms with van der Waals surface area (Å²) in [5.41, 5.74) is -2.33. The minimum absolute atomic E-state index is 0.276. The average molecular weight is 296 g/mol. The Hall–Kier alpha value is -1.64. The first-order valence-electron chi connectivity index (χ1n) is 5.05. The van der Waals surface area contributed by atoms with Crippen LogP contribution in [0, 0.1) is 5.41 Å². The molecule has 0 aromatic carbocycles. The van der Waals surface area contributed by atoms with Gasteiger partial charge >= 0.3 is 12.1 Å². The first kappa shape index (κ1) is 15.4. The number of alkyl halides is 3. The van der Waals surface area contributed by atoms with Crippen molar-refractivity contribution in [3.63, 3.8) is 0 Å². The minimum atomic E-state index is -4.88. The molecule has 1 amide bonds. The van der Waals surface area contributed by atoms with E-state index in [4.69, 9.17) is 5.11 Å². The fourth-order valence-corrected chi connectivity index (χ4v) is 1.81. The maximum atomic E-state index is 12.6. The highest BCUT2D eigenvalue weighted by molar-refractivity contribution is 7.17. The maximum Gasteiger partial charge on any atom is 0.435 e. The molecule has 0 aliphatic carbocycles. The van der Waals surface area contributed by atoms with E-state index in [0.717, 1.165) is 0 Å². The molecule has 0 aliphatic rings. The van der Waals surface area contributed by atoms with Crippen LogP contribution in [-0.4, -0.2) is 22.0 Å². The van der Waals surface area contributed by atoms with Crippen molar-refractivity contribution in [2.24, 2.45) is 5.41 Å². The second kappa shape index (κ2) is 4.80. The lowest BCUT2D eigenvalue weighted by Crippen LogP contribution is -2.27. The molecule has 5 nitrogen and oxygen atoms in total. The second-order valence-corrected chi connectivity index (χ2v) is 5.70. The van der Waals surface area contributed by atoms with Gasteiger partial charge in [-0.25, -0.2) is 9.78 Å². The standard InChI is InChI=1S/C10H11F3N2O3S/c1-9(2,3)7(18)15-8-14-5(10(11,12)13)4(19-8)6(16)17/h1-3H3,(H,16,17)(H,14,15,18). The Morgan fingerprint density at radius 2 is 1.79 bits per heavy atom. The molecule has 0 aliphatic heterocycles. The zero-order valence-electron chi connectivity index (χ0n) is 10.3. The Bertz CT molecular complexity index is 517. The van der Waals surface area contributed by atoms with E-state index in [1.54, 1.807) is 20.8 Å². The average Bonchev–Trinajstić information content (AvgIpc) is 2.59. The molecule has 0 saturated heterocycles. The summed E-state index contributed by atoms with van der Waals surface area (Å²) in [6.07, 6.45) is -4.88. The van der Waals surface area contributed by atoms with E-state index >= 15 is 0 Å². The number of rotatable bonds is 2. The van der Waals surface area contributed by atoms with Gasteiger partial charge < -0.3 is 10.4 Å². The van der Waals surface area contributed by atoms with Crippen LogP contribution in [0.4, 0.5) is 18.3 Å². The summed E-state index contributed by atoms with van der Waals surface area (Å²) in [5.74, 6) is -2.28. The van der Waals surface area contributed by atoms with E-state index in [2.05, 4.69) is 10.3 Å². The number of carbonyl (C=O) groups excluding carboxylic acids is 1. The predicted octanol–water partition coefficient (Wildman–Crippen LogP) is 2.84. The summed E-state index contributed by atoms with van der Waals surface area (Å²) >= 11 is 0.276. The Labute approximate surface area is 110 Å². The molecule has 0 spiro atoms. The van der Waals surface area contributed by atoms with Crippen molar-refractivity contribution < 1.29 is 27.9 Å². The van der Waals surface area contributed by atoms with E-state index in [-0.39, 0.29) is 16.5 Å². The van der Waals surface area contributed by atoms with Gasteiger partial charge in [-0.2, -0.15) is 13.2 Å². The zero-order valence-corrected chi connectivity index (χ0v) is 11.1. The largest absolute Gasteiger partial charge is 0.477 e. The van der Waals surface area contributed by atoms with Crippen molar-refractivity contribution in [3.05, 3.63) is 10.6 Å². The molecule has 2 N–H and O–H groups in total. The predicted molar refractivity (Wildman–Crippen MR) is 62.2 cm³/mol. The van der Waals surface area contributed by atoms with Gasteiger partial charge in [0.15, 0.2) is 10.8 Å². The molecule has 1 heterocycles. The Kier molecular flexibility index (Phi) is 3.89. The third-order valence-electron chi connectivity index (χ3n) is 1.99. The third kappa shape index (κ3) is 3.66. The van der Waals surface area contributed by atoms with Crippen LogP contribution >= 0.6 is 11.3 Å². The number of carboxylic acid groups (broad SMARTS) is 1. The number of nitrogens with zero attached hydrogens (tertiary/aromatic N) is 1. The second-order valence-electron chi connectivity index (χ2n) is 4.70. The number of anilines is 1. The van der Waals surface area contributed by atoms with E-state index < -0.39 is 34.0 Å².